The zero-order valence-corrected chi connectivity index (χ0v) is 15.2. The SMILES string of the molecule is CC(=O)O[C@H]1CCOCC(Br)C2C[C@H](Br)[C@H](C[C@H]1Cl)O2. The zero-order valence-electron chi connectivity index (χ0n) is 11.3. The van der Waals surface area contributed by atoms with Gasteiger partial charge in [0.15, 0.2) is 0 Å². The lowest BCUT2D eigenvalue weighted by Crippen LogP contribution is -2.32. The van der Waals surface area contributed by atoms with E-state index in [9.17, 15) is 4.79 Å². The molecule has 0 N–H and O–H groups in total. The number of hydrogen-bond acceptors (Lipinski definition) is 4. The predicted molar refractivity (Wildman–Crippen MR) is 84.0 cm³/mol. The number of alkyl halides is 3. The van der Waals surface area contributed by atoms with E-state index in [4.69, 9.17) is 25.8 Å². The lowest BCUT2D eigenvalue weighted by molar-refractivity contribution is -0.147. The summed E-state index contributed by atoms with van der Waals surface area (Å²) in [5.41, 5.74) is 0. The number of carbonyl (C=O) groups excluding carboxylic acids is 1. The minimum absolute atomic E-state index is 0.0405. The molecule has 2 aliphatic rings. The van der Waals surface area contributed by atoms with Gasteiger partial charge >= 0.3 is 5.97 Å². The average Bonchev–Trinajstić information content (AvgIpc) is 2.72. The number of hydrogen-bond donors (Lipinski definition) is 0. The Hall–Kier alpha value is 0.640. The van der Waals surface area contributed by atoms with Gasteiger partial charge in [-0.1, -0.05) is 31.9 Å². The highest BCUT2D eigenvalue weighted by Gasteiger charge is 2.40. The Morgan fingerprint density at radius 1 is 1.25 bits per heavy atom. The van der Waals surface area contributed by atoms with E-state index < -0.39 is 0 Å². The third-order valence-electron chi connectivity index (χ3n) is 3.62. The normalized spacial score (nSPS) is 42.8. The van der Waals surface area contributed by atoms with Gasteiger partial charge in [-0.05, 0) is 12.8 Å². The minimum atomic E-state index is -0.330. The van der Waals surface area contributed by atoms with E-state index in [2.05, 4.69) is 31.9 Å². The first kappa shape index (κ1) is 17.0. The third kappa shape index (κ3) is 4.57. The summed E-state index contributed by atoms with van der Waals surface area (Å²) >= 11 is 13.7. The molecule has 0 amide bonds. The summed E-state index contributed by atoms with van der Waals surface area (Å²) in [6.07, 6.45) is 2.02. The molecule has 0 saturated carbocycles. The van der Waals surface area contributed by atoms with Crippen molar-refractivity contribution in [3.05, 3.63) is 0 Å². The Labute approximate surface area is 141 Å². The molecule has 2 heterocycles. The smallest absolute Gasteiger partial charge is 0.302 e. The van der Waals surface area contributed by atoms with Crippen molar-refractivity contribution < 1.29 is 19.0 Å². The quantitative estimate of drug-likeness (QED) is 0.470. The zero-order chi connectivity index (χ0) is 14.7. The molecule has 0 spiro atoms. The molecule has 116 valence electrons. The van der Waals surface area contributed by atoms with E-state index in [-0.39, 0.29) is 39.3 Å². The van der Waals surface area contributed by atoms with Crippen molar-refractivity contribution >= 4 is 49.4 Å². The molecule has 0 radical (unpaired) electrons. The van der Waals surface area contributed by atoms with Gasteiger partial charge in [-0.2, -0.15) is 0 Å². The van der Waals surface area contributed by atoms with E-state index in [1.807, 2.05) is 0 Å². The molecule has 2 unspecified atom stereocenters. The maximum atomic E-state index is 11.2. The number of rotatable bonds is 1. The Kier molecular flexibility index (Phi) is 6.60. The molecule has 4 nitrogen and oxygen atoms in total. The van der Waals surface area contributed by atoms with Gasteiger partial charge in [0, 0.05) is 18.2 Å². The molecule has 2 bridgehead atoms. The topological polar surface area (TPSA) is 44.8 Å². The Morgan fingerprint density at radius 3 is 2.65 bits per heavy atom. The van der Waals surface area contributed by atoms with E-state index in [1.54, 1.807) is 0 Å². The molecule has 20 heavy (non-hydrogen) atoms. The van der Waals surface area contributed by atoms with Crippen molar-refractivity contribution in [2.24, 2.45) is 0 Å². The van der Waals surface area contributed by atoms with Crippen LogP contribution in [-0.4, -0.2) is 52.5 Å². The van der Waals surface area contributed by atoms with Crippen molar-refractivity contribution in [2.75, 3.05) is 13.2 Å². The van der Waals surface area contributed by atoms with Gasteiger partial charge < -0.3 is 14.2 Å². The van der Waals surface area contributed by atoms with Gasteiger partial charge in [-0.15, -0.1) is 11.6 Å². The second-order valence-electron chi connectivity index (χ2n) is 5.24. The first-order valence-electron chi connectivity index (χ1n) is 6.80. The van der Waals surface area contributed by atoms with Gasteiger partial charge in [0.1, 0.15) is 6.10 Å². The highest BCUT2D eigenvalue weighted by atomic mass is 79.9. The summed E-state index contributed by atoms with van der Waals surface area (Å²) in [7, 11) is 0. The molecule has 6 atom stereocenters. The van der Waals surface area contributed by atoms with Crippen LogP contribution in [0.1, 0.15) is 26.2 Å². The standard InChI is InChI=1S/C13H19Br2ClO4/c1-7(17)19-11-2-3-18-6-9(15)12-4-8(14)13(20-12)5-10(11)16/h8-13H,2-6H2,1H3/t8-,9?,10+,11-,12?,13-/m0/s1. The second-order valence-corrected chi connectivity index (χ2v) is 8.16. The molecule has 2 aliphatic heterocycles. The highest BCUT2D eigenvalue weighted by molar-refractivity contribution is 9.09. The number of esters is 1. The largest absolute Gasteiger partial charge is 0.461 e. The molecule has 0 aromatic heterocycles. The first-order valence-corrected chi connectivity index (χ1v) is 9.06. The van der Waals surface area contributed by atoms with Crippen LogP contribution in [0, 0.1) is 0 Å². The number of carbonyl (C=O) groups is 1. The Bertz CT molecular complexity index is 344. The molecule has 2 fully saturated rings. The summed E-state index contributed by atoms with van der Waals surface area (Å²) in [5, 5.41) is -0.266. The van der Waals surface area contributed by atoms with E-state index in [0.29, 0.717) is 26.1 Å². The van der Waals surface area contributed by atoms with E-state index >= 15 is 0 Å². The van der Waals surface area contributed by atoms with Crippen molar-refractivity contribution in [3.8, 4) is 0 Å². The molecular weight excluding hydrogens is 415 g/mol. The lowest BCUT2D eigenvalue weighted by atomic mass is 10.0. The Morgan fingerprint density at radius 2 is 1.95 bits per heavy atom. The third-order valence-corrected chi connectivity index (χ3v) is 5.89. The fraction of sp³-hybridized carbons (Fsp3) is 0.923. The molecule has 2 rings (SSSR count). The van der Waals surface area contributed by atoms with Crippen molar-refractivity contribution in [1.82, 2.24) is 0 Å². The molecule has 2 saturated heterocycles. The fourth-order valence-corrected chi connectivity index (χ4v) is 4.17. The fourth-order valence-electron chi connectivity index (χ4n) is 2.58. The van der Waals surface area contributed by atoms with Gasteiger partial charge in [-0.25, -0.2) is 0 Å². The average molecular weight is 435 g/mol. The number of fused-ring (bicyclic) bond motifs is 2. The molecule has 0 aliphatic carbocycles. The maximum absolute atomic E-state index is 11.2. The van der Waals surface area contributed by atoms with E-state index in [0.717, 1.165) is 6.42 Å². The molecule has 0 aromatic carbocycles. The van der Waals surface area contributed by atoms with Crippen LogP contribution in [0.5, 0.6) is 0 Å². The van der Waals surface area contributed by atoms with Crippen LogP contribution in [0.15, 0.2) is 0 Å². The van der Waals surface area contributed by atoms with Gasteiger partial charge in [-0.3, -0.25) is 4.79 Å². The summed E-state index contributed by atoms with van der Waals surface area (Å²) in [6.45, 7) is 2.51. The molecular formula is C13H19Br2ClO4. The van der Waals surface area contributed by atoms with Gasteiger partial charge in [0.2, 0.25) is 0 Å². The minimum Gasteiger partial charge on any atom is -0.461 e. The molecule has 7 heteroatoms. The summed E-state index contributed by atoms with van der Waals surface area (Å²) in [5.74, 6) is -0.311. The van der Waals surface area contributed by atoms with Crippen LogP contribution in [-0.2, 0) is 19.0 Å². The summed E-state index contributed by atoms with van der Waals surface area (Å²) in [6, 6.07) is 0. The van der Waals surface area contributed by atoms with Crippen LogP contribution in [0.2, 0.25) is 0 Å². The monoisotopic (exact) mass is 432 g/mol. The van der Waals surface area contributed by atoms with Crippen LogP contribution in [0.3, 0.4) is 0 Å². The number of halogens is 3. The predicted octanol–water partition coefficient (Wildman–Crippen LogP) is 3.02. The summed E-state index contributed by atoms with van der Waals surface area (Å²) in [4.78, 5) is 11.6. The lowest BCUT2D eigenvalue weighted by Gasteiger charge is -2.24. The van der Waals surface area contributed by atoms with Crippen molar-refractivity contribution in [2.45, 2.75) is 59.5 Å². The van der Waals surface area contributed by atoms with Crippen LogP contribution in [0.25, 0.3) is 0 Å². The Balaban J connectivity index is 2.05. The van der Waals surface area contributed by atoms with E-state index in [1.165, 1.54) is 6.92 Å². The van der Waals surface area contributed by atoms with Crippen molar-refractivity contribution in [3.63, 3.8) is 0 Å². The van der Waals surface area contributed by atoms with Gasteiger partial charge in [0.25, 0.3) is 0 Å². The van der Waals surface area contributed by atoms with Gasteiger partial charge in [0.05, 0.1) is 35.6 Å². The number of ether oxygens (including phenoxy) is 3. The maximum Gasteiger partial charge on any atom is 0.302 e. The van der Waals surface area contributed by atoms with Crippen LogP contribution < -0.4 is 0 Å². The first-order chi connectivity index (χ1) is 9.47. The van der Waals surface area contributed by atoms with Crippen LogP contribution >= 0.6 is 43.5 Å². The second kappa shape index (κ2) is 7.77. The molecule has 0 aromatic rings. The summed E-state index contributed by atoms with van der Waals surface area (Å²) < 4.78 is 17.0. The highest BCUT2D eigenvalue weighted by Crippen LogP contribution is 2.35. The van der Waals surface area contributed by atoms with Crippen LogP contribution in [0.4, 0.5) is 0 Å². The van der Waals surface area contributed by atoms with Crippen molar-refractivity contribution in [1.29, 1.82) is 0 Å².